The van der Waals surface area contributed by atoms with Crippen molar-refractivity contribution in [3.63, 3.8) is 0 Å². The molecule has 27 heavy (non-hydrogen) atoms. The highest BCUT2D eigenvalue weighted by atomic mass is 32.2. The Morgan fingerprint density at radius 3 is 2.74 bits per heavy atom. The number of benzene rings is 1. The quantitative estimate of drug-likeness (QED) is 0.665. The summed E-state index contributed by atoms with van der Waals surface area (Å²) in [5, 5.41) is 0. The van der Waals surface area contributed by atoms with Crippen molar-refractivity contribution in [3.8, 4) is 0 Å². The second-order valence-corrected chi connectivity index (χ2v) is 9.28. The van der Waals surface area contributed by atoms with Gasteiger partial charge in [-0.15, -0.1) is 0 Å². The number of fused-ring (bicyclic) bond motifs is 2. The van der Waals surface area contributed by atoms with E-state index in [4.69, 9.17) is 0 Å². The lowest BCUT2D eigenvalue weighted by atomic mass is 10.00. The van der Waals surface area contributed by atoms with Crippen LogP contribution < -0.4 is 5.69 Å². The van der Waals surface area contributed by atoms with Gasteiger partial charge in [-0.25, -0.2) is 22.5 Å². The maximum absolute atomic E-state index is 13.1. The molecule has 1 aliphatic heterocycles. The minimum Gasteiger partial charge on any atom is -0.335 e. The third-order valence-electron chi connectivity index (χ3n) is 5.50. The van der Waals surface area contributed by atoms with E-state index in [1.165, 1.54) is 13.4 Å². The van der Waals surface area contributed by atoms with Crippen molar-refractivity contribution < 1.29 is 8.42 Å². The summed E-state index contributed by atoms with van der Waals surface area (Å²) < 4.78 is 32.6. The number of nitrogens with zero attached hydrogens (tertiary/aromatic N) is 5. The van der Waals surface area contributed by atoms with Crippen LogP contribution in [-0.4, -0.2) is 45.0 Å². The summed E-state index contributed by atoms with van der Waals surface area (Å²) in [6, 6.07) is 4.84. The average molecular weight is 389 g/mol. The summed E-state index contributed by atoms with van der Waals surface area (Å²) in [5.41, 5.74) is 1.15. The highest BCUT2D eigenvalue weighted by Crippen LogP contribution is 2.24. The third-order valence-corrected chi connectivity index (χ3v) is 7.32. The maximum atomic E-state index is 13.1. The summed E-state index contributed by atoms with van der Waals surface area (Å²) in [5.74, 6) is 1.31. The van der Waals surface area contributed by atoms with Crippen LogP contribution in [0.3, 0.4) is 0 Å². The molecule has 3 aromatic rings. The number of aromatic nitrogens is 4. The van der Waals surface area contributed by atoms with Gasteiger partial charge < -0.3 is 4.57 Å². The fourth-order valence-electron chi connectivity index (χ4n) is 3.87. The van der Waals surface area contributed by atoms with Crippen LogP contribution in [0.25, 0.3) is 11.0 Å². The van der Waals surface area contributed by atoms with Gasteiger partial charge in [0.25, 0.3) is 0 Å². The minimum atomic E-state index is -3.63. The second kappa shape index (κ2) is 6.35. The van der Waals surface area contributed by atoms with Gasteiger partial charge in [-0.3, -0.25) is 9.13 Å². The Hall–Kier alpha value is -2.39. The smallest absolute Gasteiger partial charge is 0.328 e. The molecule has 1 aliphatic rings. The molecule has 0 saturated heterocycles. The lowest BCUT2D eigenvalue weighted by Gasteiger charge is -2.27. The van der Waals surface area contributed by atoms with Crippen LogP contribution in [0.1, 0.15) is 12.2 Å². The number of hydrogen-bond acceptors (Lipinski definition) is 4. The Labute approximate surface area is 157 Å². The van der Waals surface area contributed by atoms with Crippen LogP contribution in [-0.2, 0) is 37.1 Å². The highest BCUT2D eigenvalue weighted by Gasteiger charge is 2.27. The van der Waals surface area contributed by atoms with Gasteiger partial charge in [0.15, 0.2) is 0 Å². The Kier molecular flexibility index (Phi) is 4.23. The third kappa shape index (κ3) is 2.90. The molecule has 1 aromatic carbocycles. The topological polar surface area (TPSA) is 82.1 Å². The Balaban J connectivity index is 1.60. The monoisotopic (exact) mass is 389 g/mol. The Morgan fingerprint density at radius 1 is 1.22 bits per heavy atom. The molecule has 9 heteroatoms. The number of hydrogen-bond donors (Lipinski definition) is 0. The summed E-state index contributed by atoms with van der Waals surface area (Å²) >= 11 is 0. The first-order chi connectivity index (χ1) is 12.8. The van der Waals surface area contributed by atoms with Crippen molar-refractivity contribution in [1.82, 2.24) is 23.0 Å². The molecular formula is C18H23N5O3S. The normalized spacial score (nSPS) is 17.6. The summed E-state index contributed by atoms with van der Waals surface area (Å²) in [4.78, 5) is 16.6. The van der Waals surface area contributed by atoms with E-state index < -0.39 is 10.0 Å². The molecule has 144 valence electrons. The first-order valence-electron chi connectivity index (χ1n) is 8.91. The molecule has 0 spiro atoms. The van der Waals surface area contributed by atoms with Crippen LogP contribution in [0.4, 0.5) is 0 Å². The average Bonchev–Trinajstić information content (AvgIpc) is 3.20. The van der Waals surface area contributed by atoms with Gasteiger partial charge in [-0.1, -0.05) is 0 Å². The zero-order valence-electron chi connectivity index (χ0n) is 15.7. The highest BCUT2D eigenvalue weighted by molar-refractivity contribution is 7.89. The molecule has 2 aromatic heterocycles. The molecule has 0 saturated carbocycles. The SMILES string of the molecule is CN(C[C@@H]1CCc2nccn2C1)S(=O)(=O)c1ccc2c(c1)n(C)c(=O)n2C. The van der Waals surface area contributed by atoms with Crippen molar-refractivity contribution in [1.29, 1.82) is 0 Å². The summed E-state index contributed by atoms with van der Waals surface area (Å²) in [7, 11) is 1.31. The number of aryl methyl sites for hydroxylation is 3. The van der Waals surface area contributed by atoms with E-state index in [0.29, 0.717) is 17.6 Å². The number of rotatable bonds is 4. The Morgan fingerprint density at radius 2 is 1.96 bits per heavy atom. The van der Waals surface area contributed by atoms with Crippen LogP contribution in [0.5, 0.6) is 0 Å². The van der Waals surface area contributed by atoms with E-state index in [1.807, 2.05) is 6.20 Å². The largest absolute Gasteiger partial charge is 0.335 e. The van der Waals surface area contributed by atoms with E-state index in [9.17, 15) is 13.2 Å². The van der Waals surface area contributed by atoms with E-state index in [-0.39, 0.29) is 16.5 Å². The minimum absolute atomic E-state index is 0.175. The fourth-order valence-corrected chi connectivity index (χ4v) is 5.14. The first-order valence-corrected chi connectivity index (χ1v) is 10.3. The van der Waals surface area contributed by atoms with Crippen LogP contribution in [0, 0.1) is 5.92 Å². The van der Waals surface area contributed by atoms with Gasteiger partial charge >= 0.3 is 5.69 Å². The van der Waals surface area contributed by atoms with Gasteiger partial charge in [0.1, 0.15) is 5.82 Å². The number of sulfonamides is 1. The molecule has 0 unspecified atom stereocenters. The van der Waals surface area contributed by atoms with Crippen molar-refractivity contribution in [2.24, 2.45) is 20.0 Å². The van der Waals surface area contributed by atoms with E-state index in [0.717, 1.165) is 25.2 Å². The first kappa shape index (κ1) is 18.0. The van der Waals surface area contributed by atoms with Crippen LogP contribution in [0.2, 0.25) is 0 Å². The standard InChI is InChI=1S/C18H23N5O3S/c1-20(11-13-4-7-17-19-8-9-23(17)12-13)27(25,26)14-5-6-15-16(10-14)22(3)18(24)21(15)2/h5-6,8-10,13H,4,7,11-12H2,1-3H3/t13-/m0/s1. The molecular weight excluding hydrogens is 366 g/mol. The summed E-state index contributed by atoms with van der Waals surface area (Å²) in [6.07, 6.45) is 5.52. The molecule has 0 N–H and O–H groups in total. The Bertz CT molecular complexity index is 1170. The van der Waals surface area contributed by atoms with Crippen molar-refractivity contribution >= 4 is 21.1 Å². The fraction of sp³-hybridized carbons (Fsp3) is 0.444. The molecule has 3 heterocycles. The van der Waals surface area contributed by atoms with Crippen molar-refractivity contribution in [2.45, 2.75) is 24.3 Å². The molecule has 8 nitrogen and oxygen atoms in total. The lowest BCUT2D eigenvalue weighted by Crippen LogP contribution is -2.35. The van der Waals surface area contributed by atoms with Crippen LogP contribution >= 0.6 is 0 Å². The van der Waals surface area contributed by atoms with Crippen LogP contribution in [0.15, 0.2) is 40.3 Å². The summed E-state index contributed by atoms with van der Waals surface area (Å²) in [6.45, 7) is 1.23. The molecule has 0 radical (unpaired) electrons. The van der Waals surface area contributed by atoms with E-state index in [2.05, 4.69) is 9.55 Å². The molecule has 4 rings (SSSR count). The lowest BCUT2D eigenvalue weighted by molar-refractivity contribution is 0.303. The van der Waals surface area contributed by atoms with Gasteiger partial charge in [-0.2, -0.15) is 0 Å². The van der Waals surface area contributed by atoms with Gasteiger partial charge in [0, 0.05) is 53.0 Å². The molecule has 0 aliphatic carbocycles. The van der Waals surface area contributed by atoms with E-state index in [1.54, 1.807) is 45.5 Å². The van der Waals surface area contributed by atoms with Gasteiger partial charge in [0.05, 0.1) is 15.9 Å². The zero-order chi connectivity index (χ0) is 19.3. The predicted octanol–water partition coefficient (Wildman–Crippen LogP) is 0.957. The maximum Gasteiger partial charge on any atom is 0.328 e. The molecule has 0 bridgehead atoms. The zero-order valence-corrected chi connectivity index (χ0v) is 16.5. The second-order valence-electron chi connectivity index (χ2n) is 7.24. The van der Waals surface area contributed by atoms with Gasteiger partial charge in [0.2, 0.25) is 10.0 Å². The predicted molar refractivity (Wildman–Crippen MR) is 102 cm³/mol. The number of imidazole rings is 2. The molecule has 0 fully saturated rings. The molecule has 1 atom stereocenters. The molecule has 0 amide bonds. The van der Waals surface area contributed by atoms with E-state index >= 15 is 0 Å². The van der Waals surface area contributed by atoms with Crippen molar-refractivity contribution in [3.05, 3.63) is 46.9 Å². The van der Waals surface area contributed by atoms with Crippen molar-refractivity contribution in [2.75, 3.05) is 13.6 Å². The van der Waals surface area contributed by atoms with Gasteiger partial charge in [-0.05, 0) is 30.5 Å².